The predicted octanol–water partition coefficient (Wildman–Crippen LogP) is 2.44. The van der Waals surface area contributed by atoms with Crippen molar-refractivity contribution in [3.05, 3.63) is 103 Å². The van der Waals surface area contributed by atoms with Gasteiger partial charge in [0.15, 0.2) is 0 Å². The molecule has 0 radical (unpaired) electrons. The molecule has 4 rings (SSSR count). The van der Waals surface area contributed by atoms with Crippen molar-refractivity contribution in [1.82, 2.24) is 25.0 Å². The number of nitrogens with zero attached hydrogens (tertiary/aromatic N) is 3. The van der Waals surface area contributed by atoms with E-state index in [9.17, 15) is 18.8 Å². The van der Waals surface area contributed by atoms with E-state index in [2.05, 4.69) is 10.7 Å². The maximum absolute atomic E-state index is 13.5. The summed E-state index contributed by atoms with van der Waals surface area (Å²) in [6.45, 7) is 2.47. The number of benzene rings is 2. The fourth-order valence-electron chi connectivity index (χ4n) is 3.67. The SMILES string of the molecule is CCON1C=C(CNC(=O)c2ccc3c(c2)c(=O)n(Cc2ccc(F)c(Cl)c2)c(=O)n3C)C=CN1. The van der Waals surface area contributed by atoms with E-state index in [0.717, 1.165) is 10.1 Å². The summed E-state index contributed by atoms with van der Waals surface area (Å²) in [7, 11) is 1.54. The van der Waals surface area contributed by atoms with Gasteiger partial charge in [0.05, 0.1) is 35.3 Å². The van der Waals surface area contributed by atoms with Crippen molar-refractivity contribution in [2.75, 3.05) is 13.2 Å². The van der Waals surface area contributed by atoms with Crippen molar-refractivity contribution in [2.45, 2.75) is 13.5 Å². The zero-order valence-corrected chi connectivity index (χ0v) is 19.8. The van der Waals surface area contributed by atoms with Gasteiger partial charge in [-0.05, 0) is 54.5 Å². The molecule has 9 nitrogen and oxygen atoms in total. The molecule has 1 aliphatic rings. The maximum Gasteiger partial charge on any atom is 0.331 e. The smallest absolute Gasteiger partial charge is 0.331 e. The highest BCUT2D eigenvalue weighted by Crippen LogP contribution is 2.17. The second kappa shape index (κ2) is 10.2. The minimum atomic E-state index is -0.592. The number of amides is 1. The highest BCUT2D eigenvalue weighted by Gasteiger charge is 2.15. The molecule has 1 amide bonds. The number of hydrazine groups is 1. The van der Waals surface area contributed by atoms with Crippen LogP contribution >= 0.6 is 11.6 Å². The van der Waals surface area contributed by atoms with Crippen LogP contribution in [0, 0.1) is 5.82 Å². The molecular formula is C24H23ClFN5O4. The Labute approximate surface area is 204 Å². The number of aromatic nitrogens is 2. The van der Waals surface area contributed by atoms with Gasteiger partial charge < -0.3 is 5.32 Å². The van der Waals surface area contributed by atoms with E-state index < -0.39 is 17.1 Å². The number of carbonyl (C=O) groups excluding carboxylic acids is 1. The van der Waals surface area contributed by atoms with Crippen LogP contribution in [0.4, 0.5) is 4.39 Å². The van der Waals surface area contributed by atoms with E-state index in [1.54, 1.807) is 30.6 Å². The Hall–Kier alpha value is -3.89. The Bertz CT molecular complexity index is 1480. The average Bonchev–Trinajstić information content (AvgIpc) is 2.86. The first kappa shape index (κ1) is 24.2. The van der Waals surface area contributed by atoms with Crippen LogP contribution in [-0.4, -0.2) is 33.4 Å². The van der Waals surface area contributed by atoms with Crippen LogP contribution in [0.2, 0.25) is 5.02 Å². The number of hydroxylamine groups is 1. The molecule has 2 aromatic carbocycles. The number of hydrogen-bond donors (Lipinski definition) is 2. The molecule has 0 unspecified atom stereocenters. The molecule has 0 saturated carbocycles. The van der Waals surface area contributed by atoms with Crippen LogP contribution in [0.5, 0.6) is 0 Å². The largest absolute Gasteiger partial charge is 0.348 e. The lowest BCUT2D eigenvalue weighted by Gasteiger charge is -2.22. The fourth-order valence-corrected chi connectivity index (χ4v) is 3.87. The lowest BCUT2D eigenvalue weighted by molar-refractivity contribution is -0.144. The molecule has 2 heterocycles. The molecule has 35 heavy (non-hydrogen) atoms. The average molecular weight is 500 g/mol. The van der Waals surface area contributed by atoms with Gasteiger partial charge in [0, 0.05) is 25.4 Å². The summed E-state index contributed by atoms with van der Waals surface area (Å²) in [5, 5.41) is 4.35. The van der Waals surface area contributed by atoms with Gasteiger partial charge in [0.1, 0.15) is 5.82 Å². The van der Waals surface area contributed by atoms with Crippen LogP contribution < -0.4 is 22.0 Å². The normalized spacial score (nSPS) is 13.0. The third-order valence-corrected chi connectivity index (χ3v) is 5.73. The molecule has 0 fully saturated rings. The summed E-state index contributed by atoms with van der Waals surface area (Å²) in [6, 6.07) is 8.58. The predicted molar refractivity (Wildman–Crippen MR) is 130 cm³/mol. The summed E-state index contributed by atoms with van der Waals surface area (Å²) in [5.74, 6) is -0.973. The number of hydrogen-bond acceptors (Lipinski definition) is 6. The molecule has 0 aliphatic carbocycles. The third kappa shape index (κ3) is 5.13. The van der Waals surface area contributed by atoms with Crippen LogP contribution in [-0.2, 0) is 18.4 Å². The van der Waals surface area contributed by atoms with Crippen LogP contribution in [0.3, 0.4) is 0 Å². The topological polar surface area (TPSA) is 97.6 Å². The zero-order valence-electron chi connectivity index (χ0n) is 19.0. The molecule has 3 aromatic rings. The lowest BCUT2D eigenvalue weighted by Crippen LogP contribution is -2.39. The summed E-state index contributed by atoms with van der Waals surface area (Å²) in [6.07, 6.45) is 5.19. The Morgan fingerprint density at radius 3 is 2.74 bits per heavy atom. The van der Waals surface area contributed by atoms with E-state index in [1.165, 1.54) is 41.1 Å². The number of halogens is 2. The Morgan fingerprint density at radius 1 is 1.20 bits per heavy atom. The van der Waals surface area contributed by atoms with E-state index in [1.807, 2.05) is 6.92 Å². The summed E-state index contributed by atoms with van der Waals surface area (Å²) >= 11 is 5.84. The van der Waals surface area contributed by atoms with Gasteiger partial charge in [0.25, 0.3) is 11.5 Å². The van der Waals surface area contributed by atoms with Crippen molar-refractivity contribution in [3.63, 3.8) is 0 Å². The van der Waals surface area contributed by atoms with E-state index in [-0.39, 0.29) is 35.0 Å². The van der Waals surface area contributed by atoms with Gasteiger partial charge in [-0.1, -0.05) is 17.7 Å². The first-order valence-corrected chi connectivity index (χ1v) is 11.2. The molecule has 2 N–H and O–H groups in total. The van der Waals surface area contributed by atoms with Crippen molar-refractivity contribution < 1.29 is 14.0 Å². The first-order chi connectivity index (χ1) is 16.8. The molecule has 1 aliphatic heterocycles. The zero-order chi connectivity index (χ0) is 25.1. The van der Waals surface area contributed by atoms with E-state index in [4.69, 9.17) is 16.4 Å². The van der Waals surface area contributed by atoms with Gasteiger partial charge in [0.2, 0.25) is 0 Å². The highest BCUT2D eigenvalue weighted by molar-refractivity contribution is 6.30. The molecular weight excluding hydrogens is 477 g/mol. The molecule has 0 spiro atoms. The summed E-state index contributed by atoms with van der Waals surface area (Å²) in [5.41, 5.74) is 3.74. The highest BCUT2D eigenvalue weighted by atomic mass is 35.5. The quantitative estimate of drug-likeness (QED) is 0.518. The van der Waals surface area contributed by atoms with Crippen molar-refractivity contribution in [2.24, 2.45) is 7.05 Å². The summed E-state index contributed by atoms with van der Waals surface area (Å²) < 4.78 is 15.9. The second-order valence-electron chi connectivity index (χ2n) is 7.81. The third-order valence-electron chi connectivity index (χ3n) is 5.44. The molecule has 1 aromatic heterocycles. The minimum absolute atomic E-state index is 0.0945. The van der Waals surface area contributed by atoms with Crippen LogP contribution in [0.25, 0.3) is 10.9 Å². The van der Waals surface area contributed by atoms with Crippen molar-refractivity contribution in [1.29, 1.82) is 0 Å². The number of carbonyl (C=O) groups is 1. The minimum Gasteiger partial charge on any atom is -0.348 e. The van der Waals surface area contributed by atoms with Gasteiger partial charge in [-0.15, -0.1) is 0 Å². The van der Waals surface area contributed by atoms with E-state index >= 15 is 0 Å². The fraction of sp³-hybridized carbons (Fsp3) is 0.208. The number of nitrogens with one attached hydrogen (secondary N) is 2. The maximum atomic E-state index is 13.5. The van der Waals surface area contributed by atoms with Gasteiger partial charge in [-0.3, -0.25) is 29.0 Å². The number of fused-ring (bicyclic) bond motifs is 1. The molecule has 0 saturated heterocycles. The number of aryl methyl sites for hydroxylation is 1. The Balaban J connectivity index is 1.62. The second-order valence-corrected chi connectivity index (χ2v) is 8.21. The van der Waals surface area contributed by atoms with E-state index in [0.29, 0.717) is 17.7 Å². The van der Waals surface area contributed by atoms with Gasteiger partial charge >= 0.3 is 5.69 Å². The van der Waals surface area contributed by atoms with Crippen molar-refractivity contribution >= 4 is 28.4 Å². The molecule has 0 atom stereocenters. The Morgan fingerprint density at radius 2 is 2.00 bits per heavy atom. The molecule has 11 heteroatoms. The van der Waals surface area contributed by atoms with Gasteiger partial charge in [-0.25, -0.2) is 9.18 Å². The molecule has 0 bridgehead atoms. The number of rotatable bonds is 7. The standard InChI is InChI=1S/C24H23ClFN5O4/c1-3-35-31-14-16(8-9-28-31)12-27-22(32)17-5-7-21-18(11-17)23(33)30(24(34)29(21)2)13-15-4-6-20(26)19(25)10-15/h4-11,14,28H,3,12-13H2,1-2H3,(H,27,32). The van der Waals surface area contributed by atoms with Crippen LogP contribution in [0.1, 0.15) is 22.8 Å². The van der Waals surface area contributed by atoms with Crippen LogP contribution in [0.15, 0.2) is 70.0 Å². The summed E-state index contributed by atoms with van der Waals surface area (Å²) in [4.78, 5) is 44.2. The molecule has 182 valence electrons. The monoisotopic (exact) mass is 499 g/mol. The van der Waals surface area contributed by atoms with Crippen molar-refractivity contribution in [3.8, 4) is 0 Å². The lowest BCUT2D eigenvalue weighted by atomic mass is 10.1. The van der Waals surface area contributed by atoms with Gasteiger partial charge in [-0.2, -0.15) is 5.17 Å². The Kier molecular flexibility index (Phi) is 7.04. The first-order valence-electron chi connectivity index (χ1n) is 10.8.